The Labute approximate surface area is 151 Å². The van der Waals surface area contributed by atoms with Crippen molar-refractivity contribution in [2.45, 2.75) is 6.92 Å². The van der Waals surface area contributed by atoms with Gasteiger partial charge in [0.05, 0.1) is 11.2 Å². The van der Waals surface area contributed by atoms with Crippen molar-refractivity contribution in [1.82, 2.24) is 5.43 Å². The fourth-order valence-electron chi connectivity index (χ4n) is 1.82. The van der Waals surface area contributed by atoms with Crippen molar-refractivity contribution in [2.75, 3.05) is 5.32 Å². The van der Waals surface area contributed by atoms with Crippen LogP contribution in [-0.4, -0.2) is 23.1 Å². The van der Waals surface area contributed by atoms with Crippen molar-refractivity contribution in [3.63, 3.8) is 0 Å². The Morgan fingerprint density at radius 1 is 1.25 bits per heavy atom. The Balaban J connectivity index is 2.04. The first-order valence-electron chi connectivity index (χ1n) is 6.76. The first kappa shape index (κ1) is 18.0. The van der Waals surface area contributed by atoms with Crippen LogP contribution in [0.5, 0.6) is 5.75 Å². The van der Waals surface area contributed by atoms with Crippen molar-refractivity contribution < 1.29 is 14.7 Å². The SMILES string of the molecule is CC(=O)Nc1ccc(C(=O)NN=Cc2cc(Br)cc(Cl)c2O)cc1. The van der Waals surface area contributed by atoms with E-state index in [9.17, 15) is 14.7 Å². The molecule has 0 aliphatic heterocycles. The van der Waals surface area contributed by atoms with E-state index in [0.717, 1.165) is 0 Å². The van der Waals surface area contributed by atoms with Gasteiger partial charge in [-0.1, -0.05) is 27.5 Å². The van der Waals surface area contributed by atoms with Gasteiger partial charge in [-0.05, 0) is 36.4 Å². The van der Waals surface area contributed by atoms with Gasteiger partial charge in [0, 0.05) is 28.2 Å². The molecule has 6 nitrogen and oxygen atoms in total. The highest BCUT2D eigenvalue weighted by Crippen LogP contribution is 2.30. The lowest BCUT2D eigenvalue weighted by Gasteiger charge is -2.04. The predicted molar refractivity (Wildman–Crippen MR) is 96.6 cm³/mol. The number of nitrogens with zero attached hydrogens (tertiary/aromatic N) is 1. The van der Waals surface area contributed by atoms with Crippen molar-refractivity contribution in [2.24, 2.45) is 5.10 Å². The fourth-order valence-corrected chi connectivity index (χ4v) is 2.65. The molecule has 124 valence electrons. The summed E-state index contributed by atoms with van der Waals surface area (Å²) in [6, 6.07) is 9.50. The molecule has 0 bridgehead atoms. The van der Waals surface area contributed by atoms with E-state index in [1.165, 1.54) is 13.1 Å². The Morgan fingerprint density at radius 2 is 1.92 bits per heavy atom. The van der Waals surface area contributed by atoms with Gasteiger partial charge in [-0.15, -0.1) is 0 Å². The lowest BCUT2D eigenvalue weighted by Crippen LogP contribution is -2.17. The van der Waals surface area contributed by atoms with Crippen molar-refractivity contribution in [1.29, 1.82) is 0 Å². The minimum Gasteiger partial charge on any atom is -0.506 e. The summed E-state index contributed by atoms with van der Waals surface area (Å²) in [6.07, 6.45) is 1.29. The number of rotatable bonds is 4. The lowest BCUT2D eigenvalue weighted by atomic mass is 10.2. The van der Waals surface area contributed by atoms with Crippen LogP contribution in [0, 0.1) is 0 Å². The van der Waals surface area contributed by atoms with Gasteiger partial charge in [0.25, 0.3) is 5.91 Å². The molecule has 0 aliphatic rings. The molecule has 0 aliphatic carbocycles. The van der Waals surface area contributed by atoms with Crippen LogP contribution in [-0.2, 0) is 4.79 Å². The molecule has 0 unspecified atom stereocenters. The van der Waals surface area contributed by atoms with E-state index in [1.54, 1.807) is 36.4 Å². The molecule has 2 rings (SSSR count). The number of hydrazone groups is 1. The standard InChI is InChI=1S/C16H13BrClN3O3/c1-9(22)20-13-4-2-10(3-5-13)16(24)21-19-8-11-6-12(17)7-14(18)15(11)23/h2-8,23H,1H3,(H,20,22)(H,21,24). The molecule has 2 amide bonds. The average Bonchev–Trinajstić information content (AvgIpc) is 2.52. The number of phenols is 1. The highest BCUT2D eigenvalue weighted by atomic mass is 79.9. The van der Waals surface area contributed by atoms with Crippen LogP contribution in [0.25, 0.3) is 0 Å². The number of carbonyl (C=O) groups is 2. The number of hydrogen-bond acceptors (Lipinski definition) is 4. The zero-order chi connectivity index (χ0) is 17.7. The Kier molecular flexibility index (Phi) is 5.94. The highest BCUT2D eigenvalue weighted by Gasteiger charge is 2.07. The van der Waals surface area contributed by atoms with Gasteiger partial charge in [0.2, 0.25) is 5.91 Å². The third-order valence-electron chi connectivity index (χ3n) is 2.89. The van der Waals surface area contributed by atoms with Crippen LogP contribution in [0.4, 0.5) is 5.69 Å². The zero-order valence-corrected chi connectivity index (χ0v) is 14.9. The molecule has 0 saturated carbocycles. The maximum atomic E-state index is 12.0. The number of phenolic OH excluding ortho intramolecular Hbond substituents is 1. The number of nitrogens with one attached hydrogen (secondary N) is 2. The second-order valence-corrected chi connectivity index (χ2v) is 6.11. The van der Waals surface area contributed by atoms with Crippen molar-refractivity contribution >= 4 is 51.2 Å². The van der Waals surface area contributed by atoms with Gasteiger partial charge in [-0.3, -0.25) is 9.59 Å². The van der Waals surface area contributed by atoms with E-state index in [4.69, 9.17) is 11.6 Å². The van der Waals surface area contributed by atoms with Crippen molar-refractivity contribution in [3.8, 4) is 5.75 Å². The molecule has 0 heterocycles. The number of anilines is 1. The van der Waals surface area contributed by atoms with E-state index >= 15 is 0 Å². The molecule has 24 heavy (non-hydrogen) atoms. The molecule has 0 spiro atoms. The molecule has 3 N–H and O–H groups in total. The smallest absolute Gasteiger partial charge is 0.271 e. The van der Waals surface area contributed by atoms with Crippen LogP contribution in [0.1, 0.15) is 22.8 Å². The van der Waals surface area contributed by atoms with Gasteiger partial charge < -0.3 is 10.4 Å². The topological polar surface area (TPSA) is 90.8 Å². The third-order valence-corrected chi connectivity index (χ3v) is 3.64. The first-order chi connectivity index (χ1) is 11.4. The number of benzene rings is 2. The molecule has 0 saturated heterocycles. The van der Waals surface area contributed by atoms with Crippen LogP contribution >= 0.6 is 27.5 Å². The summed E-state index contributed by atoms with van der Waals surface area (Å²) in [5.41, 5.74) is 3.67. The Morgan fingerprint density at radius 3 is 2.54 bits per heavy atom. The Hall–Kier alpha value is -2.38. The number of amides is 2. The van der Waals surface area contributed by atoms with Gasteiger partial charge in [-0.2, -0.15) is 5.10 Å². The summed E-state index contributed by atoms with van der Waals surface area (Å²) < 4.78 is 0.673. The molecular weight excluding hydrogens is 398 g/mol. The average molecular weight is 411 g/mol. The Bertz CT molecular complexity index is 807. The normalized spacial score (nSPS) is 10.6. The van der Waals surface area contributed by atoms with E-state index in [1.807, 2.05) is 0 Å². The maximum absolute atomic E-state index is 12.0. The summed E-state index contributed by atoms with van der Waals surface area (Å²) in [4.78, 5) is 22.9. The zero-order valence-electron chi connectivity index (χ0n) is 12.5. The number of aromatic hydroxyl groups is 1. The summed E-state index contributed by atoms with van der Waals surface area (Å²) >= 11 is 9.10. The highest BCUT2D eigenvalue weighted by molar-refractivity contribution is 9.10. The molecule has 2 aromatic rings. The predicted octanol–water partition coefficient (Wildman–Crippen LogP) is 3.53. The fraction of sp³-hybridized carbons (Fsp3) is 0.0625. The summed E-state index contributed by atoms with van der Waals surface area (Å²) in [5, 5.41) is 16.4. The van der Waals surface area contributed by atoms with Gasteiger partial charge in [0.1, 0.15) is 5.75 Å². The molecule has 0 radical (unpaired) electrons. The number of carbonyl (C=O) groups excluding carboxylic acids is 2. The minimum atomic E-state index is -0.429. The van der Waals surface area contributed by atoms with Gasteiger partial charge in [0.15, 0.2) is 0 Å². The summed E-state index contributed by atoms with van der Waals surface area (Å²) in [7, 11) is 0. The molecular formula is C16H13BrClN3O3. The van der Waals surface area contributed by atoms with Gasteiger partial charge in [-0.25, -0.2) is 5.43 Å². The first-order valence-corrected chi connectivity index (χ1v) is 7.93. The van der Waals surface area contributed by atoms with E-state index in [0.29, 0.717) is 21.3 Å². The van der Waals surface area contributed by atoms with Crippen LogP contribution in [0.3, 0.4) is 0 Å². The van der Waals surface area contributed by atoms with E-state index in [-0.39, 0.29) is 16.7 Å². The second kappa shape index (κ2) is 7.94. The van der Waals surface area contributed by atoms with Gasteiger partial charge >= 0.3 is 0 Å². The van der Waals surface area contributed by atoms with Crippen LogP contribution in [0.2, 0.25) is 5.02 Å². The quantitative estimate of drug-likeness (QED) is 0.532. The molecule has 0 aromatic heterocycles. The maximum Gasteiger partial charge on any atom is 0.271 e. The summed E-state index contributed by atoms with van der Waals surface area (Å²) in [6.45, 7) is 1.40. The number of halogens is 2. The second-order valence-electron chi connectivity index (χ2n) is 4.78. The molecule has 8 heteroatoms. The lowest BCUT2D eigenvalue weighted by molar-refractivity contribution is -0.114. The monoisotopic (exact) mass is 409 g/mol. The largest absolute Gasteiger partial charge is 0.506 e. The number of hydrogen-bond donors (Lipinski definition) is 3. The molecule has 0 atom stereocenters. The third kappa shape index (κ3) is 4.81. The van der Waals surface area contributed by atoms with E-state index < -0.39 is 5.91 Å². The molecule has 0 fully saturated rings. The molecule has 2 aromatic carbocycles. The van der Waals surface area contributed by atoms with Crippen LogP contribution < -0.4 is 10.7 Å². The van der Waals surface area contributed by atoms with E-state index in [2.05, 4.69) is 31.8 Å². The summed E-state index contributed by atoms with van der Waals surface area (Å²) in [5.74, 6) is -0.747. The van der Waals surface area contributed by atoms with Crippen molar-refractivity contribution in [3.05, 3.63) is 57.0 Å². The van der Waals surface area contributed by atoms with Crippen LogP contribution in [0.15, 0.2) is 46.0 Å². The minimum absolute atomic E-state index is 0.127.